The fourth-order valence-electron chi connectivity index (χ4n) is 2.46. The Balaban J connectivity index is 1.98. The molecule has 3 rings (SSSR count). The SMILES string of the molecule is COc1ccccc1-c1noc(/C(Cl)=C/c2cc(OC)c(O)c([N+](=O)[O-])c2)n1. The monoisotopic (exact) mass is 403 g/mol. The van der Waals surface area contributed by atoms with E-state index in [2.05, 4.69) is 10.1 Å². The Bertz CT molecular complexity index is 1060. The smallest absolute Gasteiger partial charge is 0.315 e. The summed E-state index contributed by atoms with van der Waals surface area (Å²) in [6, 6.07) is 9.67. The highest BCUT2D eigenvalue weighted by Gasteiger charge is 2.20. The standard InChI is InChI=1S/C18H14ClN3O6/c1-26-14-6-4-3-5-11(14)17-20-18(28-21-17)12(19)7-10-8-13(22(24)25)16(23)15(9-10)27-2/h3-9,23H,1-2H3/b12-7-. The number of nitro groups is 1. The molecule has 0 aliphatic carbocycles. The van der Waals surface area contributed by atoms with Gasteiger partial charge in [0.15, 0.2) is 5.75 Å². The number of nitro benzene ring substituents is 1. The maximum Gasteiger partial charge on any atom is 0.315 e. The van der Waals surface area contributed by atoms with Crippen LogP contribution in [0.4, 0.5) is 5.69 Å². The van der Waals surface area contributed by atoms with Crippen molar-refractivity contribution in [3.63, 3.8) is 0 Å². The molecule has 28 heavy (non-hydrogen) atoms. The molecule has 0 amide bonds. The topological polar surface area (TPSA) is 121 Å². The number of halogens is 1. The lowest BCUT2D eigenvalue weighted by molar-refractivity contribution is -0.386. The van der Waals surface area contributed by atoms with Crippen molar-refractivity contribution in [3.8, 4) is 28.6 Å². The highest BCUT2D eigenvalue weighted by Crippen LogP contribution is 2.38. The van der Waals surface area contributed by atoms with Gasteiger partial charge < -0.3 is 19.1 Å². The van der Waals surface area contributed by atoms with Crippen molar-refractivity contribution >= 4 is 28.4 Å². The van der Waals surface area contributed by atoms with Crippen molar-refractivity contribution in [2.75, 3.05) is 14.2 Å². The van der Waals surface area contributed by atoms with Gasteiger partial charge in [0.2, 0.25) is 11.6 Å². The van der Waals surface area contributed by atoms with Crippen LogP contribution in [0.3, 0.4) is 0 Å². The van der Waals surface area contributed by atoms with Crippen LogP contribution in [0.2, 0.25) is 0 Å². The highest BCUT2D eigenvalue weighted by molar-refractivity contribution is 6.50. The lowest BCUT2D eigenvalue weighted by atomic mass is 10.1. The number of benzene rings is 2. The van der Waals surface area contributed by atoms with Gasteiger partial charge in [0.1, 0.15) is 10.8 Å². The number of phenols is 1. The second kappa shape index (κ2) is 7.97. The average Bonchev–Trinajstić information content (AvgIpc) is 3.19. The zero-order valence-corrected chi connectivity index (χ0v) is 15.5. The van der Waals surface area contributed by atoms with Crippen LogP contribution in [-0.2, 0) is 0 Å². The molecule has 144 valence electrons. The van der Waals surface area contributed by atoms with Gasteiger partial charge in [-0.2, -0.15) is 4.98 Å². The van der Waals surface area contributed by atoms with Crippen LogP contribution in [0.1, 0.15) is 11.5 Å². The molecule has 0 atom stereocenters. The molecule has 1 heterocycles. The first-order valence-corrected chi connectivity index (χ1v) is 8.22. The van der Waals surface area contributed by atoms with Crippen LogP contribution in [0.25, 0.3) is 22.5 Å². The van der Waals surface area contributed by atoms with Crippen molar-refractivity contribution < 1.29 is 24.0 Å². The largest absolute Gasteiger partial charge is 0.500 e. The number of aromatic nitrogens is 2. The quantitative estimate of drug-likeness (QED) is 0.482. The highest BCUT2D eigenvalue weighted by atomic mass is 35.5. The maximum absolute atomic E-state index is 11.1. The lowest BCUT2D eigenvalue weighted by Crippen LogP contribution is -1.93. The summed E-state index contributed by atoms with van der Waals surface area (Å²) in [4.78, 5) is 14.6. The molecule has 2 aromatic carbocycles. The molecule has 0 spiro atoms. The molecule has 0 aliphatic heterocycles. The predicted molar refractivity (Wildman–Crippen MR) is 101 cm³/mol. The Morgan fingerprint density at radius 2 is 1.96 bits per heavy atom. The summed E-state index contributed by atoms with van der Waals surface area (Å²) in [5.74, 6) is 0.210. The normalized spacial score (nSPS) is 11.3. The van der Waals surface area contributed by atoms with E-state index in [0.717, 1.165) is 6.07 Å². The number of methoxy groups -OCH3 is 2. The molecule has 0 saturated carbocycles. The van der Waals surface area contributed by atoms with Gasteiger partial charge in [-0.3, -0.25) is 10.1 Å². The Hall–Kier alpha value is -3.59. The average molecular weight is 404 g/mol. The zero-order valence-electron chi connectivity index (χ0n) is 14.7. The van der Waals surface area contributed by atoms with Crippen molar-refractivity contribution in [2.24, 2.45) is 0 Å². The number of aromatic hydroxyl groups is 1. The number of phenolic OH excluding ortho intramolecular Hbond substituents is 1. The number of ether oxygens (including phenoxy) is 2. The van der Waals surface area contributed by atoms with Gasteiger partial charge in [-0.25, -0.2) is 0 Å². The number of rotatable bonds is 6. The molecule has 10 heteroatoms. The molecular formula is C18H14ClN3O6. The third-order valence-corrected chi connectivity index (χ3v) is 4.04. The minimum Gasteiger partial charge on any atom is -0.500 e. The summed E-state index contributed by atoms with van der Waals surface area (Å²) < 4.78 is 15.4. The van der Waals surface area contributed by atoms with Crippen LogP contribution < -0.4 is 9.47 Å². The van der Waals surface area contributed by atoms with Gasteiger partial charge in [-0.05, 0) is 29.8 Å². The predicted octanol–water partition coefficient (Wildman–Crippen LogP) is 4.10. The summed E-state index contributed by atoms with van der Waals surface area (Å²) in [7, 11) is 2.81. The van der Waals surface area contributed by atoms with E-state index < -0.39 is 16.4 Å². The Morgan fingerprint density at radius 1 is 1.25 bits per heavy atom. The van der Waals surface area contributed by atoms with E-state index in [4.69, 9.17) is 25.6 Å². The van der Waals surface area contributed by atoms with E-state index >= 15 is 0 Å². The summed E-state index contributed by atoms with van der Waals surface area (Å²) in [6.45, 7) is 0. The molecule has 0 radical (unpaired) electrons. The van der Waals surface area contributed by atoms with E-state index in [0.29, 0.717) is 16.9 Å². The van der Waals surface area contributed by atoms with Crippen molar-refractivity contribution in [3.05, 3.63) is 58.0 Å². The van der Waals surface area contributed by atoms with Gasteiger partial charge >= 0.3 is 5.69 Å². The molecule has 0 bridgehead atoms. The summed E-state index contributed by atoms with van der Waals surface area (Å²) in [5.41, 5.74) is 0.408. The lowest BCUT2D eigenvalue weighted by Gasteiger charge is -2.05. The first kappa shape index (κ1) is 19.2. The van der Waals surface area contributed by atoms with Crippen LogP contribution in [0.15, 0.2) is 40.9 Å². The number of hydrogen-bond donors (Lipinski definition) is 1. The third kappa shape index (κ3) is 3.74. The van der Waals surface area contributed by atoms with E-state index in [1.54, 1.807) is 24.3 Å². The van der Waals surface area contributed by atoms with Gasteiger partial charge in [0.25, 0.3) is 5.89 Å². The molecule has 3 aromatic rings. The van der Waals surface area contributed by atoms with Crippen LogP contribution in [0.5, 0.6) is 17.2 Å². The summed E-state index contributed by atoms with van der Waals surface area (Å²) in [6.07, 6.45) is 1.38. The minimum absolute atomic E-state index is 0.0114. The number of para-hydroxylation sites is 1. The van der Waals surface area contributed by atoms with Gasteiger partial charge in [0, 0.05) is 6.07 Å². The second-order valence-corrected chi connectivity index (χ2v) is 5.87. The molecule has 1 N–H and O–H groups in total. The first-order chi connectivity index (χ1) is 13.4. The zero-order chi connectivity index (χ0) is 20.3. The van der Waals surface area contributed by atoms with Crippen LogP contribution in [-0.4, -0.2) is 34.4 Å². The fraction of sp³-hybridized carbons (Fsp3) is 0.111. The summed E-state index contributed by atoms with van der Waals surface area (Å²) >= 11 is 6.24. The minimum atomic E-state index is -0.727. The van der Waals surface area contributed by atoms with E-state index in [-0.39, 0.29) is 22.5 Å². The Morgan fingerprint density at radius 3 is 2.64 bits per heavy atom. The third-order valence-electron chi connectivity index (χ3n) is 3.77. The number of nitrogens with zero attached hydrogens (tertiary/aromatic N) is 3. The number of hydrogen-bond acceptors (Lipinski definition) is 8. The van der Waals surface area contributed by atoms with Crippen molar-refractivity contribution in [1.82, 2.24) is 10.1 Å². The van der Waals surface area contributed by atoms with E-state index in [1.807, 2.05) is 0 Å². The molecular weight excluding hydrogens is 390 g/mol. The maximum atomic E-state index is 11.1. The second-order valence-electron chi connectivity index (χ2n) is 5.46. The molecule has 0 aliphatic rings. The summed E-state index contributed by atoms with van der Waals surface area (Å²) in [5, 5.41) is 24.9. The molecule has 1 aromatic heterocycles. The first-order valence-electron chi connectivity index (χ1n) is 7.84. The van der Waals surface area contributed by atoms with Crippen LogP contribution in [0, 0.1) is 10.1 Å². The van der Waals surface area contributed by atoms with Crippen molar-refractivity contribution in [2.45, 2.75) is 0 Å². The molecule has 9 nitrogen and oxygen atoms in total. The Kier molecular flexibility index (Phi) is 5.46. The fourth-order valence-corrected chi connectivity index (χ4v) is 2.66. The van der Waals surface area contributed by atoms with Crippen LogP contribution >= 0.6 is 11.6 Å². The Labute approximate surface area is 163 Å². The molecule has 0 saturated heterocycles. The van der Waals surface area contributed by atoms with Crippen molar-refractivity contribution in [1.29, 1.82) is 0 Å². The van der Waals surface area contributed by atoms with E-state index in [1.165, 1.54) is 26.4 Å². The van der Waals surface area contributed by atoms with E-state index in [9.17, 15) is 15.2 Å². The van der Waals surface area contributed by atoms with Gasteiger partial charge in [-0.1, -0.05) is 28.9 Å². The molecule has 0 unspecified atom stereocenters. The van der Waals surface area contributed by atoms with Gasteiger partial charge in [-0.15, -0.1) is 0 Å². The van der Waals surface area contributed by atoms with Gasteiger partial charge in [0.05, 0.1) is 24.7 Å². The molecule has 0 fully saturated rings.